The van der Waals surface area contributed by atoms with Crippen molar-refractivity contribution in [1.82, 2.24) is 10.2 Å². The molecule has 43 heavy (non-hydrogen) atoms. The fourth-order valence-corrected chi connectivity index (χ4v) is 7.16. The summed E-state index contributed by atoms with van der Waals surface area (Å²) >= 11 is 18.8. The highest BCUT2D eigenvalue weighted by Crippen LogP contribution is 2.32. The lowest BCUT2D eigenvalue weighted by Gasteiger charge is -2.33. The number of rotatable bonds is 10. The molecule has 0 bridgehead atoms. The Kier molecular flexibility index (Phi) is 11.0. The Hall–Kier alpha value is -2.78. The predicted molar refractivity (Wildman–Crippen MR) is 173 cm³/mol. The summed E-state index contributed by atoms with van der Waals surface area (Å²) in [5.41, 5.74) is 2.32. The summed E-state index contributed by atoms with van der Waals surface area (Å²) in [5.74, 6) is -0.861. The van der Waals surface area contributed by atoms with Gasteiger partial charge in [0.05, 0.1) is 20.6 Å². The van der Waals surface area contributed by atoms with E-state index in [9.17, 15) is 18.0 Å². The third-order valence-electron chi connectivity index (χ3n) is 7.85. The summed E-state index contributed by atoms with van der Waals surface area (Å²) in [6.45, 7) is 4.67. The Morgan fingerprint density at radius 1 is 0.907 bits per heavy atom. The molecule has 0 heterocycles. The number of amides is 2. The molecule has 1 N–H and O–H groups in total. The van der Waals surface area contributed by atoms with Crippen molar-refractivity contribution in [3.8, 4) is 0 Å². The van der Waals surface area contributed by atoms with Crippen LogP contribution in [0, 0.1) is 13.8 Å². The van der Waals surface area contributed by atoms with E-state index in [0.29, 0.717) is 26.2 Å². The summed E-state index contributed by atoms with van der Waals surface area (Å²) in [4.78, 5) is 29.1. The van der Waals surface area contributed by atoms with Crippen LogP contribution in [0.25, 0.3) is 0 Å². The van der Waals surface area contributed by atoms with Crippen LogP contribution in [0.4, 0.5) is 5.69 Å². The fraction of sp³-hybridized carbons (Fsp3) is 0.375. The maximum absolute atomic E-state index is 14.2. The van der Waals surface area contributed by atoms with E-state index in [-0.39, 0.29) is 29.1 Å². The molecule has 11 heteroatoms. The molecule has 1 atom stereocenters. The molecular formula is C32H36Cl3N3O4S. The van der Waals surface area contributed by atoms with Crippen LogP contribution in [-0.4, -0.2) is 43.8 Å². The highest BCUT2D eigenvalue weighted by Gasteiger charge is 2.34. The Morgan fingerprint density at radius 2 is 1.58 bits per heavy atom. The summed E-state index contributed by atoms with van der Waals surface area (Å²) in [7, 11) is -4.20. The Morgan fingerprint density at radius 3 is 2.23 bits per heavy atom. The maximum atomic E-state index is 14.2. The quantitative estimate of drug-likeness (QED) is 0.246. The number of anilines is 1. The minimum absolute atomic E-state index is 0.0158. The van der Waals surface area contributed by atoms with Gasteiger partial charge in [-0.1, -0.05) is 83.9 Å². The normalized spacial score (nSPS) is 14.7. The Balaban J connectivity index is 1.72. The lowest BCUT2D eigenvalue weighted by atomic mass is 9.95. The topological polar surface area (TPSA) is 86.8 Å². The second-order valence-corrected chi connectivity index (χ2v) is 14.1. The fourth-order valence-electron chi connectivity index (χ4n) is 5.20. The molecule has 7 nitrogen and oxygen atoms in total. The Labute approximate surface area is 269 Å². The van der Waals surface area contributed by atoms with Crippen LogP contribution in [0.1, 0.15) is 55.7 Å². The Bertz CT molecular complexity index is 1580. The van der Waals surface area contributed by atoms with E-state index in [0.717, 1.165) is 42.0 Å². The zero-order chi connectivity index (χ0) is 31.3. The van der Waals surface area contributed by atoms with Crippen molar-refractivity contribution in [1.29, 1.82) is 0 Å². The van der Waals surface area contributed by atoms with Gasteiger partial charge in [0.1, 0.15) is 12.6 Å². The highest BCUT2D eigenvalue weighted by atomic mass is 35.5. The van der Waals surface area contributed by atoms with E-state index in [1.165, 1.54) is 17.0 Å². The molecule has 3 aromatic carbocycles. The minimum atomic E-state index is -4.20. The van der Waals surface area contributed by atoms with Gasteiger partial charge in [0, 0.05) is 17.6 Å². The standard InChI is InChI=1S/C32H36Cl3N3O4S/c1-21-12-15-26(16-13-21)43(41,42)38(30-11-7-10-27(33)22(30)2)20-31(39)37(19-24-14-17-28(34)29(35)18-24)23(3)32(40)36-25-8-5-4-6-9-25/h7,10-18,23,25H,4-6,8-9,19-20H2,1-3H3,(H,36,40)/t23-/m1/s1. The number of hydrogen-bond acceptors (Lipinski definition) is 4. The number of sulfonamides is 1. The predicted octanol–water partition coefficient (Wildman–Crippen LogP) is 7.33. The lowest BCUT2D eigenvalue weighted by Crippen LogP contribution is -2.53. The van der Waals surface area contributed by atoms with Gasteiger partial charge in [-0.15, -0.1) is 0 Å². The van der Waals surface area contributed by atoms with Crippen molar-refractivity contribution >= 4 is 62.3 Å². The molecule has 2 amide bonds. The third-order valence-corrected chi connectivity index (χ3v) is 10.8. The van der Waals surface area contributed by atoms with E-state index in [4.69, 9.17) is 34.8 Å². The van der Waals surface area contributed by atoms with Gasteiger partial charge < -0.3 is 10.2 Å². The molecule has 0 saturated heterocycles. The van der Waals surface area contributed by atoms with Crippen molar-refractivity contribution in [2.45, 2.75) is 76.4 Å². The van der Waals surface area contributed by atoms with E-state index < -0.39 is 28.5 Å². The van der Waals surface area contributed by atoms with Crippen LogP contribution in [0.15, 0.2) is 65.6 Å². The molecule has 3 aromatic rings. The molecule has 230 valence electrons. The van der Waals surface area contributed by atoms with Gasteiger partial charge in [0.2, 0.25) is 11.8 Å². The molecule has 4 rings (SSSR count). The van der Waals surface area contributed by atoms with Gasteiger partial charge in [-0.05, 0) is 81.1 Å². The van der Waals surface area contributed by atoms with Crippen molar-refractivity contribution in [3.05, 3.63) is 92.4 Å². The SMILES string of the molecule is Cc1ccc(S(=O)(=O)N(CC(=O)N(Cc2ccc(Cl)c(Cl)c2)[C@H](C)C(=O)NC2CCCCC2)c2cccc(Cl)c2C)cc1. The van der Waals surface area contributed by atoms with E-state index in [2.05, 4.69) is 5.32 Å². The third kappa shape index (κ3) is 8.04. The monoisotopic (exact) mass is 663 g/mol. The first-order valence-corrected chi connectivity index (χ1v) is 16.8. The molecule has 1 saturated carbocycles. The molecular weight excluding hydrogens is 629 g/mol. The smallest absolute Gasteiger partial charge is 0.264 e. The lowest BCUT2D eigenvalue weighted by molar-refractivity contribution is -0.139. The first kappa shape index (κ1) is 33.1. The van der Waals surface area contributed by atoms with Crippen LogP contribution in [0.3, 0.4) is 0 Å². The average molecular weight is 665 g/mol. The number of hydrogen-bond donors (Lipinski definition) is 1. The van der Waals surface area contributed by atoms with Crippen LogP contribution >= 0.6 is 34.8 Å². The molecule has 0 radical (unpaired) electrons. The average Bonchev–Trinajstić information content (AvgIpc) is 2.98. The summed E-state index contributed by atoms with van der Waals surface area (Å²) in [5, 5.41) is 4.13. The van der Waals surface area contributed by atoms with Crippen LogP contribution < -0.4 is 9.62 Å². The zero-order valence-corrected chi connectivity index (χ0v) is 27.5. The molecule has 1 fully saturated rings. The number of nitrogens with one attached hydrogen (secondary N) is 1. The first-order chi connectivity index (χ1) is 20.4. The van der Waals surface area contributed by atoms with Gasteiger partial charge in [-0.2, -0.15) is 0 Å². The molecule has 1 aliphatic rings. The number of aryl methyl sites for hydroxylation is 1. The van der Waals surface area contributed by atoms with Gasteiger partial charge in [0.25, 0.3) is 10.0 Å². The maximum Gasteiger partial charge on any atom is 0.264 e. The van der Waals surface area contributed by atoms with Crippen molar-refractivity contribution in [3.63, 3.8) is 0 Å². The van der Waals surface area contributed by atoms with Crippen molar-refractivity contribution in [2.75, 3.05) is 10.8 Å². The molecule has 0 aliphatic heterocycles. The summed E-state index contributed by atoms with van der Waals surface area (Å²) in [6, 6.07) is 15.5. The van der Waals surface area contributed by atoms with Crippen LogP contribution in [0.5, 0.6) is 0 Å². The summed E-state index contributed by atoms with van der Waals surface area (Å²) < 4.78 is 29.2. The summed E-state index contributed by atoms with van der Waals surface area (Å²) in [6.07, 6.45) is 4.98. The van der Waals surface area contributed by atoms with E-state index in [1.54, 1.807) is 62.4 Å². The number of benzene rings is 3. The number of carbonyl (C=O) groups is 2. The van der Waals surface area contributed by atoms with E-state index in [1.807, 2.05) is 6.92 Å². The second-order valence-electron chi connectivity index (χ2n) is 11.0. The molecule has 0 unspecified atom stereocenters. The number of nitrogens with zero attached hydrogens (tertiary/aromatic N) is 2. The largest absolute Gasteiger partial charge is 0.352 e. The molecule has 1 aliphatic carbocycles. The minimum Gasteiger partial charge on any atom is -0.352 e. The second kappa shape index (κ2) is 14.3. The van der Waals surface area contributed by atoms with Crippen LogP contribution in [0.2, 0.25) is 15.1 Å². The number of carbonyl (C=O) groups excluding carboxylic acids is 2. The van der Waals surface area contributed by atoms with Crippen molar-refractivity contribution < 1.29 is 18.0 Å². The van der Waals surface area contributed by atoms with Crippen LogP contribution in [-0.2, 0) is 26.2 Å². The van der Waals surface area contributed by atoms with Gasteiger partial charge in [-0.3, -0.25) is 13.9 Å². The highest BCUT2D eigenvalue weighted by molar-refractivity contribution is 7.92. The van der Waals surface area contributed by atoms with Gasteiger partial charge in [-0.25, -0.2) is 8.42 Å². The van der Waals surface area contributed by atoms with Gasteiger partial charge >= 0.3 is 0 Å². The first-order valence-electron chi connectivity index (χ1n) is 14.3. The van der Waals surface area contributed by atoms with Crippen molar-refractivity contribution in [2.24, 2.45) is 0 Å². The van der Waals surface area contributed by atoms with E-state index >= 15 is 0 Å². The van der Waals surface area contributed by atoms with Gasteiger partial charge in [0.15, 0.2) is 0 Å². The number of halogens is 3. The molecule has 0 aromatic heterocycles. The zero-order valence-electron chi connectivity index (χ0n) is 24.4. The molecule has 0 spiro atoms.